The molecule has 1 unspecified atom stereocenters. The minimum atomic E-state index is -1.07. The van der Waals surface area contributed by atoms with Crippen LogP contribution < -0.4 is 5.14 Å². The molecule has 3 heteroatoms. The van der Waals surface area contributed by atoms with Crippen LogP contribution in [-0.2, 0) is 11.0 Å². The fourth-order valence-electron chi connectivity index (χ4n) is 0. The van der Waals surface area contributed by atoms with Crippen LogP contribution in [-0.4, -0.2) is 9.96 Å². The van der Waals surface area contributed by atoms with Crippen LogP contribution in [0.4, 0.5) is 0 Å². The van der Waals surface area contributed by atoms with Crippen molar-refractivity contribution in [2.75, 3.05) is 5.75 Å². The van der Waals surface area contributed by atoms with E-state index in [9.17, 15) is 4.21 Å². The van der Waals surface area contributed by atoms with Gasteiger partial charge >= 0.3 is 0 Å². The van der Waals surface area contributed by atoms with E-state index in [-0.39, 0.29) is 0 Å². The van der Waals surface area contributed by atoms with Crippen molar-refractivity contribution < 1.29 is 4.21 Å². The van der Waals surface area contributed by atoms with Crippen LogP contribution >= 0.6 is 0 Å². The maximum Gasteiger partial charge on any atom is 0.0885 e. The van der Waals surface area contributed by atoms with Gasteiger partial charge in [0, 0.05) is 5.75 Å². The molecule has 1 atom stereocenters. The smallest absolute Gasteiger partial charge is 0.0885 e. The zero-order chi connectivity index (χ0) is 4.28. The molecule has 32 valence electrons. The van der Waals surface area contributed by atoms with Crippen LogP contribution in [0, 0.1) is 0 Å². The van der Waals surface area contributed by atoms with Crippen molar-refractivity contribution in [2.24, 2.45) is 5.14 Å². The van der Waals surface area contributed by atoms with Crippen LogP contribution in [0.3, 0.4) is 0 Å². The molecule has 0 fully saturated rings. The summed E-state index contributed by atoms with van der Waals surface area (Å²) in [5, 5.41) is 4.76. The third-order valence-electron chi connectivity index (χ3n) is 0.285. The topological polar surface area (TPSA) is 43.1 Å². The Morgan fingerprint density at radius 2 is 2.20 bits per heavy atom. The second-order valence-corrected chi connectivity index (χ2v) is 2.01. The highest BCUT2D eigenvalue weighted by molar-refractivity contribution is 7.82. The monoisotopic (exact) mass is 93.0 g/mol. The second kappa shape index (κ2) is 2.35. The van der Waals surface area contributed by atoms with Crippen molar-refractivity contribution in [2.45, 2.75) is 6.92 Å². The van der Waals surface area contributed by atoms with Gasteiger partial charge in [-0.3, -0.25) is 5.14 Å². The second-order valence-electron chi connectivity index (χ2n) is 0.669. The molecule has 5 heavy (non-hydrogen) atoms. The predicted molar refractivity (Wildman–Crippen MR) is 22.9 cm³/mol. The summed E-state index contributed by atoms with van der Waals surface area (Å²) in [7, 11) is -1.07. The van der Waals surface area contributed by atoms with E-state index in [1.165, 1.54) is 0 Å². The lowest BCUT2D eigenvalue weighted by Crippen LogP contribution is -2.02. The van der Waals surface area contributed by atoms with Crippen molar-refractivity contribution in [3.63, 3.8) is 0 Å². The lowest BCUT2D eigenvalue weighted by Gasteiger charge is -1.75. The first-order chi connectivity index (χ1) is 2.27. The highest BCUT2D eigenvalue weighted by atomic mass is 32.2. The quantitative estimate of drug-likeness (QED) is 0.472. The van der Waals surface area contributed by atoms with Gasteiger partial charge in [-0.15, -0.1) is 0 Å². The van der Waals surface area contributed by atoms with Gasteiger partial charge < -0.3 is 0 Å². The SMILES string of the molecule is CCS(N)=O. The molecule has 2 N–H and O–H groups in total. The van der Waals surface area contributed by atoms with Gasteiger partial charge in [-0.2, -0.15) is 0 Å². The fraction of sp³-hybridized carbons (Fsp3) is 1.00. The van der Waals surface area contributed by atoms with Gasteiger partial charge in [0.2, 0.25) is 0 Å². The van der Waals surface area contributed by atoms with E-state index < -0.39 is 11.0 Å². The third-order valence-corrected chi connectivity index (χ3v) is 0.854. The minimum Gasteiger partial charge on any atom is -0.252 e. The van der Waals surface area contributed by atoms with E-state index in [1.807, 2.05) is 0 Å². The third kappa shape index (κ3) is 4.11. The normalized spacial score (nSPS) is 14.8. The molecule has 0 bridgehead atoms. The van der Waals surface area contributed by atoms with Gasteiger partial charge in [0.15, 0.2) is 0 Å². The molecule has 0 aromatic heterocycles. The van der Waals surface area contributed by atoms with E-state index in [0.717, 1.165) is 0 Å². The Hall–Kier alpha value is 0.110. The summed E-state index contributed by atoms with van der Waals surface area (Å²) in [6.07, 6.45) is 0. The molecule has 0 spiro atoms. The predicted octanol–water partition coefficient (Wildman–Crippen LogP) is -0.371. The molecule has 0 aliphatic carbocycles. The van der Waals surface area contributed by atoms with Gasteiger partial charge in [-0.1, -0.05) is 6.92 Å². The first kappa shape index (κ1) is 5.11. The van der Waals surface area contributed by atoms with Gasteiger partial charge in [0.25, 0.3) is 0 Å². The first-order valence-electron chi connectivity index (χ1n) is 1.40. The Kier molecular flexibility index (Phi) is 2.41. The molecule has 0 amide bonds. The molecular weight excluding hydrogens is 86.1 g/mol. The summed E-state index contributed by atoms with van der Waals surface area (Å²) in [6, 6.07) is 0. The summed E-state index contributed by atoms with van der Waals surface area (Å²) >= 11 is 0. The average molecular weight is 93.2 g/mol. The zero-order valence-electron chi connectivity index (χ0n) is 3.10. The molecule has 0 radical (unpaired) electrons. The van der Waals surface area contributed by atoms with Gasteiger partial charge in [0.1, 0.15) is 0 Å². The standard InChI is InChI=1S/C2H7NOS/c1-2-5(3)4/h2-3H2,1H3. The molecule has 0 aliphatic rings. The molecule has 2 nitrogen and oxygen atoms in total. The van der Waals surface area contributed by atoms with Crippen LogP contribution in [0.2, 0.25) is 0 Å². The highest BCUT2D eigenvalue weighted by Crippen LogP contribution is 1.58. The van der Waals surface area contributed by atoms with Crippen molar-refractivity contribution in [3.05, 3.63) is 0 Å². The maximum absolute atomic E-state index is 9.70. The summed E-state index contributed by atoms with van der Waals surface area (Å²) in [4.78, 5) is 0. The average Bonchev–Trinajstić information content (AvgIpc) is 1.38. The maximum atomic E-state index is 9.70. The summed E-state index contributed by atoms with van der Waals surface area (Å²) in [6.45, 7) is 1.77. The van der Waals surface area contributed by atoms with Crippen molar-refractivity contribution in [1.82, 2.24) is 0 Å². The molecule has 0 saturated heterocycles. The largest absolute Gasteiger partial charge is 0.252 e. The zero-order valence-corrected chi connectivity index (χ0v) is 3.92. The summed E-state index contributed by atoms with van der Waals surface area (Å²) < 4.78 is 9.70. The lowest BCUT2D eigenvalue weighted by molar-refractivity contribution is 0.685. The van der Waals surface area contributed by atoms with E-state index in [1.54, 1.807) is 6.92 Å². The Labute approximate surface area is 34.0 Å². The molecular formula is C2H7NOS. The Bertz CT molecular complexity index is 44.9. The first-order valence-corrected chi connectivity index (χ1v) is 2.78. The van der Waals surface area contributed by atoms with Crippen LogP contribution in [0.1, 0.15) is 6.92 Å². The summed E-state index contributed by atoms with van der Waals surface area (Å²) in [5.74, 6) is 0.556. The highest BCUT2D eigenvalue weighted by Gasteiger charge is 1.73. The Balaban J connectivity index is 2.85. The Morgan fingerprint density at radius 3 is 2.20 bits per heavy atom. The van der Waals surface area contributed by atoms with E-state index in [2.05, 4.69) is 0 Å². The van der Waals surface area contributed by atoms with Crippen molar-refractivity contribution >= 4 is 11.0 Å². The van der Waals surface area contributed by atoms with Gasteiger partial charge in [0.05, 0.1) is 11.0 Å². The van der Waals surface area contributed by atoms with Crippen LogP contribution in [0.5, 0.6) is 0 Å². The molecule has 0 aromatic carbocycles. The molecule has 0 heterocycles. The molecule has 0 aromatic rings. The van der Waals surface area contributed by atoms with Crippen LogP contribution in [0.15, 0.2) is 0 Å². The number of hydrogen-bond acceptors (Lipinski definition) is 1. The van der Waals surface area contributed by atoms with E-state index in [4.69, 9.17) is 5.14 Å². The number of rotatable bonds is 1. The van der Waals surface area contributed by atoms with Gasteiger partial charge in [-0.25, -0.2) is 4.21 Å². The fourth-order valence-corrected chi connectivity index (χ4v) is 0. The molecule has 0 saturated carbocycles. The van der Waals surface area contributed by atoms with Gasteiger partial charge in [-0.05, 0) is 0 Å². The number of nitrogens with two attached hydrogens (primary N) is 1. The van der Waals surface area contributed by atoms with E-state index >= 15 is 0 Å². The van der Waals surface area contributed by atoms with E-state index in [0.29, 0.717) is 5.75 Å². The summed E-state index contributed by atoms with van der Waals surface area (Å²) in [5.41, 5.74) is 0. The van der Waals surface area contributed by atoms with Crippen LogP contribution in [0.25, 0.3) is 0 Å². The molecule has 0 rings (SSSR count). The molecule has 0 aliphatic heterocycles. The minimum absolute atomic E-state index is 0.556. The van der Waals surface area contributed by atoms with Crippen molar-refractivity contribution in [1.29, 1.82) is 0 Å². The number of hydrogen-bond donors (Lipinski definition) is 1. The van der Waals surface area contributed by atoms with Crippen molar-refractivity contribution in [3.8, 4) is 0 Å². The Morgan fingerprint density at radius 1 is 2.00 bits per heavy atom. The lowest BCUT2D eigenvalue weighted by atomic mass is 11.0.